The highest BCUT2D eigenvalue weighted by atomic mass is 19.1. The molecule has 0 aliphatic heterocycles. The molecule has 1 atom stereocenters. The first-order valence-corrected chi connectivity index (χ1v) is 6.35. The number of benzene rings is 1. The van der Waals surface area contributed by atoms with Gasteiger partial charge in [-0.1, -0.05) is 12.1 Å². The largest absolute Gasteiger partial charge is 0.353 e. The van der Waals surface area contributed by atoms with Crippen LogP contribution in [0.1, 0.15) is 24.0 Å². The van der Waals surface area contributed by atoms with Crippen LogP contribution in [0.4, 0.5) is 4.39 Å². The fourth-order valence-electron chi connectivity index (χ4n) is 1.88. The third-order valence-corrected chi connectivity index (χ3v) is 3.30. The van der Waals surface area contributed by atoms with Crippen molar-refractivity contribution in [1.82, 2.24) is 5.32 Å². The molecule has 1 unspecified atom stereocenters. The van der Waals surface area contributed by atoms with E-state index in [0.29, 0.717) is 18.0 Å². The molecule has 2 rings (SSSR count). The Morgan fingerprint density at radius 1 is 1.56 bits per heavy atom. The summed E-state index contributed by atoms with van der Waals surface area (Å²) in [7, 11) is 0. The first kappa shape index (κ1) is 13.0. The van der Waals surface area contributed by atoms with Crippen LogP contribution in [0.15, 0.2) is 18.2 Å². The lowest BCUT2D eigenvalue weighted by Crippen LogP contribution is -2.37. The second-order valence-electron chi connectivity index (χ2n) is 5.00. The second kappa shape index (κ2) is 5.48. The number of aryl methyl sites for hydroxylation is 1. The maximum absolute atomic E-state index is 13.4. The van der Waals surface area contributed by atoms with Gasteiger partial charge < -0.3 is 11.1 Å². The molecule has 1 aromatic rings. The lowest BCUT2D eigenvalue weighted by atomic mass is 9.97. The highest BCUT2D eigenvalue weighted by Crippen LogP contribution is 2.20. The van der Waals surface area contributed by atoms with Crippen molar-refractivity contribution in [1.29, 1.82) is 0 Å². The van der Waals surface area contributed by atoms with Crippen LogP contribution >= 0.6 is 0 Å². The maximum atomic E-state index is 13.4. The van der Waals surface area contributed by atoms with Crippen LogP contribution in [0.2, 0.25) is 0 Å². The van der Waals surface area contributed by atoms with Gasteiger partial charge in [0.15, 0.2) is 0 Å². The van der Waals surface area contributed by atoms with Crippen LogP contribution in [0.3, 0.4) is 0 Å². The van der Waals surface area contributed by atoms with E-state index in [-0.39, 0.29) is 24.2 Å². The van der Waals surface area contributed by atoms with E-state index in [9.17, 15) is 9.18 Å². The summed E-state index contributed by atoms with van der Waals surface area (Å²) in [6, 6.07) is 5.41. The molecular weight excluding hydrogens is 231 g/mol. The number of carbonyl (C=O) groups excluding carboxylic acids is 1. The normalized spacial score (nSPS) is 16.4. The molecule has 0 saturated heterocycles. The Hall–Kier alpha value is -1.42. The molecule has 0 heterocycles. The van der Waals surface area contributed by atoms with E-state index in [2.05, 4.69) is 5.32 Å². The van der Waals surface area contributed by atoms with Gasteiger partial charge in [-0.15, -0.1) is 0 Å². The first-order valence-electron chi connectivity index (χ1n) is 6.35. The molecule has 4 heteroatoms. The van der Waals surface area contributed by atoms with Crippen molar-refractivity contribution in [3.8, 4) is 0 Å². The number of halogens is 1. The smallest absolute Gasteiger partial charge is 0.224 e. The van der Waals surface area contributed by atoms with Crippen LogP contribution in [0.5, 0.6) is 0 Å². The van der Waals surface area contributed by atoms with E-state index in [0.717, 1.165) is 18.4 Å². The van der Waals surface area contributed by atoms with Crippen molar-refractivity contribution < 1.29 is 9.18 Å². The maximum Gasteiger partial charge on any atom is 0.224 e. The van der Waals surface area contributed by atoms with Crippen LogP contribution in [0, 0.1) is 18.7 Å². The molecule has 98 valence electrons. The van der Waals surface area contributed by atoms with Crippen LogP contribution in [-0.2, 0) is 11.2 Å². The number of hydrogen-bond acceptors (Lipinski definition) is 2. The van der Waals surface area contributed by atoms with Gasteiger partial charge in [0, 0.05) is 12.6 Å². The molecule has 1 aliphatic carbocycles. The molecule has 18 heavy (non-hydrogen) atoms. The predicted molar refractivity (Wildman–Crippen MR) is 68.6 cm³/mol. The Labute approximate surface area is 107 Å². The van der Waals surface area contributed by atoms with Crippen molar-refractivity contribution in [3.63, 3.8) is 0 Å². The van der Waals surface area contributed by atoms with Gasteiger partial charge in [-0.3, -0.25) is 4.79 Å². The summed E-state index contributed by atoms with van der Waals surface area (Å²) >= 11 is 0. The molecule has 0 aromatic heterocycles. The van der Waals surface area contributed by atoms with Gasteiger partial charge in [0.2, 0.25) is 5.91 Å². The minimum atomic E-state index is -0.271. The zero-order chi connectivity index (χ0) is 13.1. The van der Waals surface area contributed by atoms with Crippen LogP contribution < -0.4 is 11.1 Å². The van der Waals surface area contributed by atoms with E-state index in [1.165, 1.54) is 6.07 Å². The number of hydrogen-bond donors (Lipinski definition) is 2. The fourth-order valence-corrected chi connectivity index (χ4v) is 1.88. The summed E-state index contributed by atoms with van der Waals surface area (Å²) in [4.78, 5) is 11.9. The van der Waals surface area contributed by atoms with E-state index in [1.54, 1.807) is 13.0 Å². The zero-order valence-electron chi connectivity index (χ0n) is 10.6. The van der Waals surface area contributed by atoms with E-state index in [1.807, 2.05) is 6.07 Å². The Morgan fingerprint density at radius 3 is 2.83 bits per heavy atom. The monoisotopic (exact) mass is 250 g/mol. The van der Waals surface area contributed by atoms with Gasteiger partial charge in [-0.25, -0.2) is 4.39 Å². The van der Waals surface area contributed by atoms with Crippen LogP contribution in [0.25, 0.3) is 0 Å². The SMILES string of the molecule is Cc1ccc(CC(CN)C(=O)NC2CC2)cc1F. The number of nitrogens with two attached hydrogens (primary N) is 1. The molecule has 0 bridgehead atoms. The van der Waals surface area contributed by atoms with Crippen molar-refractivity contribution in [2.45, 2.75) is 32.2 Å². The molecule has 3 nitrogen and oxygen atoms in total. The van der Waals surface area contributed by atoms with Gasteiger partial charge >= 0.3 is 0 Å². The van der Waals surface area contributed by atoms with Gasteiger partial charge in [-0.05, 0) is 43.4 Å². The predicted octanol–water partition coefficient (Wildman–Crippen LogP) is 1.53. The Bertz CT molecular complexity index is 443. The Morgan fingerprint density at radius 2 is 2.28 bits per heavy atom. The Balaban J connectivity index is 1.99. The van der Waals surface area contributed by atoms with Gasteiger partial charge in [0.05, 0.1) is 5.92 Å². The molecule has 0 spiro atoms. The number of rotatable bonds is 5. The summed E-state index contributed by atoms with van der Waals surface area (Å²) < 4.78 is 13.4. The van der Waals surface area contributed by atoms with Gasteiger partial charge in [0.1, 0.15) is 5.82 Å². The standard InChI is InChI=1S/C14H19FN2O/c1-9-2-3-10(7-13(9)15)6-11(8-16)14(18)17-12-4-5-12/h2-3,7,11-12H,4-6,8,16H2,1H3,(H,17,18). The number of amides is 1. The Kier molecular flexibility index (Phi) is 3.97. The molecule has 1 aromatic carbocycles. The summed E-state index contributed by atoms with van der Waals surface area (Å²) in [5, 5.41) is 2.94. The summed E-state index contributed by atoms with van der Waals surface area (Å²) in [6.07, 6.45) is 2.61. The molecule has 1 aliphatic rings. The van der Waals surface area contributed by atoms with E-state index < -0.39 is 0 Å². The summed E-state index contributed by atoms with van der Waals surface area (Å²) in [5.74, 6) is -0.514. The van der Waals surface area contributed by atoms with Crippen molar-refractivity contribution >= 4 is 5.91 Å². The minimum absolute atomic E-state index is 0.0130. The summed E-state index contributed by atoms with van der Waals surface area (Å²) in [6.45, 7) is 2.01. The molecule has 1 amide bonds. The van der Waals surface area contributed by atoms with Crippen molar-refractivity contribution in [2.75, 3.05) is 6.54 Å². The third kappa shape index (κ3) is 3.29. The average molecular weight is 250 g/mol. The van der Waals surface area contributed by atoms with E-state index >= 15 is 0 Å². The molecule has 3 N–H and O–H groups in total. The third-order valence-electron chi connectivity index (χ3n) is 3.30. The minimum Gasteiger partial charge on any atom is -0.353 e. The highest BCUT2D eigenvalue weighted by molar-refractivity contribution is 5.79. The number of nitrogens with one attached hydrogen (secondary N) is 1. The molecule has 1 fully saturated rings. The van der Waals surface area contributed by atoms with Gasteiger partial charge in [-0.2, -0.15) is 0 Å². The van der Waals surface area contributed by atoms with E-state index in [4.69, 9.17) is 5.73 Å². The fraction of sp³-hybridized carbons (Fsp3) is 0.500. The van der Waals surface area contributed by atoms with Crippen LogP contribution in [-0.4, -0.2) is 18.5 Å². The molecule has 1 saturated carbocycles. The highest BCUT2D eigenvalue weighted by Gasteiger charge is 2.26. The topological polar surface area (TPSA) is 55.1 Å². The summed E-state index contributed by atoms with van der Waals surface area (Å²) in [5.41, 5.74) is 7.07. The first-order chi connectivity index (χ1) is 8.60. The second-order valence-corrected chi connectivity index (χ2v) is 5.00. The van der Waals surface area contributed by atoms with Gasteiger partial charge in [0.25, 0.3) is 0 Å². The zero-order valence-corrected chi connectivity index (χ0v) is 10.6. The molecular formula is C14H19FN2O. The van der Waals surface area contributed by atoms with Crippen molar-refractivity contribution in [3.05, 3.63) is 35.1 Å². The quantitative estimate of drug-likeness (QED) is 0.832. The number of carbonyl (C=O) groups is 1. The lowest BCUT2D eigenvalue weighted by Gasteiger charge is -2.15. The van der Waals surface area contributed by atoms with Crippen molar-refractivity contribution in [2.24, 2.45) is 11.7 Å². The average Bonchev–Trinajstić information content (AvgIpc) is 3.14. The lowest BCUT2D eigenvalue weighted by molar-refractivity contribution is -0.124. The molecule has 0 radical (unpaired) electrons.